The van der Waals surface area contributed by atoms with E-state index in [-0.39, 0.29) is 11.3 Å². The first-order valence-corrected chi connectivity index (χ1v) is 6.36. The monoisotopic (exact) mass is 250 g/mol. The molecule has 4 nitrogen and oxygen atoms in total. The van der Waals surface area contributed by atoms with Crippen molar-refractivity contribution >= 4 is 27.3 Å². The molecule has 1 unspecified atom stereocenters. The van der Waals surface area contributed by atoms with E-state index in [2.05, 4.69) is 4.98 Å². The molecule has 0 spiro atoms. The highest BCUT2D eigenvalue weighted by molar-refractivity contribution is 7.18. The molecule has 0 N–H and O–H groups in total. The van der Waals surface area contributed by atoms with Gasteiger partial charge < -0.3 is 0 Å². The van der Waals surface area contributed by atoms with Gasteiger partial charge in [0.15, 0.2) is 5.78 Å². The van der Waals surface area contributed by atoms with Crippen molar-refractivity contribution in [3.05, 3.63) is 27.6 Å². The van der Waals surface area contributed by atoms with Crippen molar-refractivity contribution in [2.75, 3.05) is 0 Å². The van der Waals surface area contributed by atoms with Gasteiger partial charge in [-0.1, -0.05) is 6.92 Å². The van der Waals surface area contributed by atoms with Gasteiger partial charge in [0.05, 0.1) is 17.8 Å². The Morgan fingerprint density at radius 2 is 2.29 bits per heavy atom. The predicted molar refractivity (Wildman–Crippen MR) is 68.7 cm³/mol. The zero-order valence-corrected chi connectivity index (χ0v) is 10.9. The highest BCUT2D eigenvalue weighted by Crippen LogP contribution is 2.21. The molecule has 0 bridgehead atoms. The summed E-state index contributed by atoms with van der Waals surface area (Å²) < 4.78 is 1.40. The van der Waals surface area contributed by atoms with Gasteiger partial charge in [-0.25, -0.2) is 4.98 Å². The largest absolute Gasteiger partial charge is 0.298 e. The first kappa shape index (κ1) is 12.0. The van der Waals surface area contributed by atoms with Gasteiger partial charge in [0.1, 0.15) is 4.83 Å². The molecular formula is C12H14N2O2S. The molecule has 0 aliphatic rings. The van der Waals surface area contributed by atoms with Crippen LogP contribution in [0.2, 0.25) is 0 Å². The molecule has 0 fully saturated rings. The Bertz CT molecular complexity index is 627. The number of nitrogens with zero attached hydrogens (tertiary/aromatic N) is 2. The fourth-order valence-corrected chi connectivity index (χ4v) is 2.56. The van der Waals surface area contributed by atoms with Crippen LogP contribution in [0.25, 0.3) is 10.2 Å². The van der Waals surface area contributed by atoms with Crippen LogP contribution in [0.1, 0.15) is 31.7 Å². The van der Waals surface area contributed by atoms with Crippen molar-refractivity contribution in [1.29, 1.82) is 0 Å². The maximum absolute atomic E-state index is 12.2. The lowest BCUT2D eigenvalue weighted by molar-refractivity contribution is -0.119. The fraction of sp³-hybridized carbons (Fsp3) is 0.417. The molecule has 0 saturated heterocycles. The SMILES string of the molecule is CCc1cc2c(=O)n(C(C)C(C)=O)cnc2s1. The topological polar surface area (TPSA) is 52.0 Å². The number of aromatic nitrogens is 2. The van der Waals surface area contributed by atoms with Crippen molar-refractivity contribution < 1.29 is 4.79 Å². The number of carbonyl (C=O) groups excluding carboxylic acids is 1. The number of Topliss-reactive ketones (excluding diaryl/α,β-unsaturated/α-hetero) is 1. The molecule has 2 heterocycles. The molecule has 0 radical (unpaired) electrons. The molecule has 2 aromatic rings. The van der Waals surface area contributed by atoms with Crippen LogP contribution < -0.4 is 5.56 Å². The molecule has 0 aliphatic heterocycles. The van der Waals surface area contributed by atoms with Crippen LogP contribution in [0.4, 0.5) is 0 Å². The Morgan fingerprint density at radius 1 is 1.59 bits per heavy atom. The van der Waals surface area contributed by atoms with Gasteiger partial charge in [0.2, 0.25) is 0 Å². The third-order valence-corrected chi connectivity index (χ3v) is 4.07. The highest BCUT2D eigenvalue weighted by atomic mass is 32.1. The molecule has 2 aromatic heterocycles. The van der Waals surface area contributed by atoms with Gasteiger partial charge >= 0.3 is 0 Å². The molecule has 90 valence electrons. The fourth-order valence-electron chi connectivity index (χ4n) is 1.63. The highest BCUT2D eigenvalue weighted by Gasteiger charge is 2.15. The molecule has 0 amide bonds. The minimum Gasteiger partial charge on any atom is -0.298 e. The third kappa shape index (κ3) is 2.02. The summed E-state index contributed by atoms with van der Waals surface area (Å²) in [7, 11) is 0. The summed E-state index contributed by atoms with van der Waals surface area (Å²) in [6.07, 6.45) is 2.36. The lowest BCUT2D eigenvalue weighted by Crippen LogP contribution is -2.26. The first-order chi connectivity index (χ1) is 8.04. The number of aryl methyl sites for hydroxylation is 1. The second-order valence-electron chi connectivity index (χ2n) is 4.03. The van der Waals surface area contributed by atoms with Gasteiger partial charge in [-0.3, -0.25) is 14.2 Å². The van der Waals surface area contributed by atoms with Crippen LogP contribution in [-0.2, 0) is 11.2 Å². The van der Waals surface area contributed by atoms with E-state index in [9.17, 15) is 9.59 Å². The normalized spacial score (nSPS) is 12.9. The lowest BCUT2D eigenvalue weighted by Gasteiger charge is -2.10. The summed E-state index contributed by atoms with van der Waals surface area (Å²) >= 11 is 1.53. The van der Waals surface area contributed by atoms with E-state index in [1.54, 1.807) is 6.92 Å². The van der Waals surface area contributed by atoms with E-state index in [4.69, 9.17) is 0 Å². The second kappa shape index (κ2) is 4.41. The quantitative estimate of drug-likeness (QED) is 0.839. The molecule has 17 heavy (non-hydrogen) atoms. The predicted octanol–water partition coefficient (Wildman–Crippen LogP) is 2.17. The standard InChI is InChI=1S/C12H14N2O2S/c1-4-9-5-10-11(17-9)13-6-14(12(10)16)7(2)8(3)15/h5-7H,4H2,1-3H3. The van der Waals surface area contributed by atoms with E-state index >= 15 is 0 Å². The Kier molecular flexibility index (Phi) is 3.11. The molecule has 0 aromatic carbocycles. The van der Waals surface area contributed by atoms with E-state index in [0.717, 1.165) is 16.1 Å². The second-order valence-corrected chi connectivity index (χ2v) is 5.14. The number of hydrogen-bond donors (Lipinski definition) is 0. The third-order valence-electron chi connectivity index (χ3n) is 2.88. The van der Waals surface area contributed by atoms with Crippen LogP contribution in [-0.4, -0.2) is 15.3 Å². The molecular weight excluding hydrogens is 236 g/mol. The van der Waals surface area contributed by atoms with Crippen LogP contribution in [0.5, 0.6) is 0 Å². The number of thiophene rings is 1. The van der Waals surface area contributed by atoms with Gasteiger partial charge in [-0.2, -0.15) is 0 Å². The Balaban J connectivity index is 2.65. The van der Waals surface area contributed by atoms with Crippen molar-refractivity contribution in [2.24, 2.45) is 0 Å². The van der Waals surface area contributed by atoms with Crippen LogP contribution >= 0.6 is 11.3 Å². The van der Waals surface area contributed by atoms with Crippen molar-refractivity contribution in [2.45, 2.75) is 33.2 Å². The maximum Gasteiger partial charge on any atom is 0.262 e. The summed E-state index contributed by atoms with van der Waals surface area (Å²) in [5.41, 5.74) is -0.131. The molecule has 0 aliphatic carbocycles. The summed E-state index contributed by atoms with van der Waals surface area (Å²) in [6.45, 7) is 5.23. The number of carbonyl (C=O) groups is 1. The summed E-state index contributed by atoms with van der Waals surface area (Å²) in [4.78, 5) is 29.6. The van der Waals surface area contributed by atoms with Crippen LogP contribution in [0.15, 0.2) is 17.2 Å². The van der Waals surface area contributed by atoms with Crippen LogP contribution in [0, 0.1) is 0 Å². The molecule has 5 heteroatoms. The molecule has 2 rings (SSSR count). The zero-order chi connectivity index (χ0) is 12.6. The summed E-state index contributed by atoms with van der Waals surface area (Å²) in [6, 6.07) is 1.42. The molecule has 0 saturated carbocycles. The number of fused-ring (bicyclic) bond motifs is 1. The van der Waals surface area contributed by atoms with Crippen LogP contribution in [0.3, 0.4) is 0 Å². The average molecular weight is 250 g/mol. The number of hydrogen-bond acceptors (Lipinski definition) is 4. The van der Waals surface area contributed by atoms with Gasteiger partial charge in [0.25, 0.3) is 5.56 Å². The zero-order valence-electron chi connectivity index (χ0n) is 10.1. The summed E-state index contributed by atoms with van der Waals surface area (Å²) in [5, 5.41) is 0.613. The van der Waals surface area contributed by atoms with E-state index in [1.807, 2.05) is 13.0 Å². The Morgan fingerprint density at radius 3 is 2.88 bits per heavy atom. The van der Waals surface area contributed by atoms with E-state index < -0.39 is 6.04 Å². The molecule has 1 atom stereocenters. The maximum atomic E-state index is 12.2. The summed E-state index contributed by atoms with van der Waals surface area (Å²) in [5.74, 6) is -0.0424. The van der Waals surface area contributed by atoms with Crippen molar-refractivity contribution in [3.63, 3.8) is 0 Å². The lowest BCUT2D eigenvalue weighted by atomic mass is 10.2. The van der Waals surface area contributed by atoms with Crippen molar-refractivity contribution in [3.8, 4) is 0 Å². The minimum atomic E-state index is -0.454. The minimum absolute atomic E-state index is 0.0424. The number of ketones is 1. The van der Waals surface area contributed by atoms with Gasteiger partial charge in [-0.05, 0) is 26.3 Å². The Hall–Kier alpha value is -1.49. The van der Waals surface area contributed by atoms with Gasteiger partial charge in [0, 0.05) is 4.88 Å². The van der Waals surface area contributed by atoms with Gasteiger partial charge in [-0.15, -0.1) is 11.3 Å². The van der Waals surface area contributed by atoms with E-state index in [1.165, 1.54) is 29.2 Å². The smallest absolute Gasteiger partial charge is 0.262 e. The first-order valence-electron chi connectivity index (χ1n) is 5.54. The van der Waals surface area contributed by atoms with Crippen molar-refractivity contribution in [1.82, 2.24) is 9.55 Å². The average Bonchev–Trinajstić information content (AvgIpc) is 2.72. The Labute approximate surface area is 103 Å². The number of rotatable bonds is 3. The van der Waals surface area contributed by atoms with E-state index in [0.29, 0.717) is 5.39 Å².